The first-order valence-corrected chi connectivity index (χ1v) is 6.87. The van der Waals surface area contributed by atoms with Crippen LogP contribution in [-0.4, -0.2) is 9.38 Å². The van der Waals surface area contributed by atoms with E-state index >= 15 is 0 Å². The second-order valence-electron chi connectivity index (χ2n) is 5.36. The maximum absolute atomic E-state index is 6.28. The standard InChI is InChI=1S/C17H15N3O/c1-10-7-11(2)20-15(8-10)19-16(17(20)18)14-9-12-5-3-4-6-13(12)21-14/h3-9H,18H2,1-2H3. The van der Waals surface area contributed by atoms with Crippen molar-refractivity contribution in [3.05, 3.63) is 53.7 Å². The maximum atomic E-state index is 6.28. The summed E-state index contributed by atoms with van der Waals surface area (Å²) in [7, 11) is 0. The number of fused-ring (bicyclic) bond motifs is 2. The number of hydrogen-bond acceptors (Lipinski definition) is 3. The summed E-state index contributed by atoms with van der Waals surface area (Å²) in [5, 5.41) is 1.05. The van der Waals surface area contributed by atoms with Gasteiger partial charge in [0.25, 0.3) is 0 Å². The Balaban J connectivity index is 2.02. The van der Waals surface area contributed by atoms with E-state index in [0.717, 1.165) is 22.3 Å². The van der Waals surface area contributed by atoms with Crippen molar-refractivity contribution >= 4 is 22.4 Å². The third-order valence-corrected chi connectivity index (χ3v) is 3.74. The SMILES string of the molecule is Cc1cc(C)n2c(N)c(-c3cc4ccccc4o3)nc2c1. The van der Waals surface area contributed by atoms with Gasteiger partial charge >= 0.3 is 0 Å². The Morgan fingerprint density at radius 3 is 2.71 bits per heavy atom. The molecule has 0 bridgehead atoms. The molecule has 104 valence electrons. The number of nitrogens with zero attached hydrogens (tertiary/aromatic N) is 2. The quantitative estimate of drug-likeness (QED) is 0.573. The van der Waals surface area contributed by atoms with Gasteiger partial charge in [-0.2, -0.15) is 0 Å². The monoisotopic (exact) mass is 277 g/mol. The summed E-state index contributed by atoms with van der Waals surface area (Å²) in [6.45, 7) is 4.08. The first kappa shape index (κ1) is 12.0. The lowest BCUT2D eigenvalue weighted by molar-refractivity contribution is 0.629. The van der Waals surface area contributed by atoms with Crippen LogP contribution in [0.2, 0.25) is 0 Å². The number of hydrogen-bond donors (Lipinski definition) is 1. The summed E-state index contributed by atoms with van der Waals surface area (Å²) < 4.78 is 7.83. The highest BCUT2D eigenvalue weighted by Gasteiger charge is 2.16. The van der Waals surface area contributed by atoms with Gasteiger partial charge in [0.05, 0.1) is 0 Å². The molecule has 0 amide bonds. The highest BCUT2D eigenvalue weighted by atomic mass is 16.3. The largest absolute Gasteiger partial charge is 0.454 e. The van der Waals surface area contributed by atoms with E-state index in [1.807, 2.05) is 47.7 Å². The van der Waals surface area contributed by atoms with Gasteiger partial charge in [0.15, 0.2) is 5.76 Å². The Bertz CT molecular complexity index is 945. The highest BCUT2D eigenvalue weighted by Crippen LogP contribution is 2.32. The Labute approximate surface area is 121 Å². The van der Waals surface area contributed by atoms with Gasteiger partial charge < -0.3 is 10.2 Å². The van der Waals surface area contributed by atoms with Crippen molar-refractivity contribution in [1.29, 1.82) is 0 Å². The van der Waals surface area contributed by atoms with E-state index in [1.165, 1.54) is 5.56 Å². The molecule has 0 aliphatic heterocycles. The molecule has 0 fully saturated rings. The molecule has 0 aliphatic carbocycles. The Kier molecular flexibility index (Phi) is 2.36. The predicted octanol–water partition coefficient (Wildman–Crippen LogP) is 3.95. The van der Waals surface area contributed by atoms with Crippen LogP contribution in [0.15, 0.2) is 46.9 Å². The molecule has 21 heavy (non-hydrogen) atoms. The van der Waals surface area contributed by atoms with Gasteiger partial charge in [0.1, 0.15) is 22.7 Å². The molecule has 4 heteroatoms. The second-order valence-corrected chi connectivity index (χ2v) is 5.36. The normalized spacial score (nSPS) is 11.5. The van der Waals surface area contributed by atoms with Crippen LogP contribution in [0.1, 0.15) is 11.3 Å². The molecule has 2 N–H and O–H groups in total. The third kappa shape index (κ3) is 1.72. The zero-order valence-electron chi connectivity index (χ0n) is 11.9. The molecule has 4 rings (SSSR count). The molecule has 0 saturated carbocycles. The fourth-order valence-electron chi connectivity index (χ4n) is 2.84. The highest BCUT2D eigenvalue weighted by molar-refractivity contribution is 5.84. The zero-order valence-corrected chi connectivity index (χ0v) is 11.9. The molecule has 0 unspecified atom stereocenters. The summed E-state index contributed by atoms with van der Waals surface area (Å²) in [6, 6.07) is 14.0. The summed E-state index contributed by atoms with van der Waals surface area (Å²) in [6.07, 6.45) is 0. The molecule has 0 aliphatic rings. The van der Waals surface area contributed by atoms with Crippen molar-refractivity contribution in [2.75, 3.05) is 5.73 Å². The van der Waals surface area contributed by atoms with E-state index in [9.17, 15) is 0 Å². The van der Waals surface area contributed by atoms with E-state index in [1.54, 1.807) is 0 Å². The number of benzene rings is 1. The fraction of sp³-hybridized carbons (Fsp3) is 0.118. The molecule has 0 spiro atoms. The Hall–Kier alpha value is -2.75. The molecule has 1 aromatic carbocycles. The van der Waals surface area contributed by atoms with E-state index < -0.39 is 0 Å². The number of para-hydroxylation sites is 1. The minimum atomic E-state index is 0.613. The number of rotatable bonds is 1. The first-order valence-electron chi connectivity index (χ1n) is 6.87. The zero-order chi connectivity index (χ0) is 14.6. The second kappa shape index (κ2) is 4.12. The van der Waals surface area contributed by atoms with Gasteiger partial charge in [-0.1, -0.05) is 18.2 Å². The van der Waals surface area contributed by atoms with Gasteiger partial charge in [0.2, 0.25) is 0 Å². The van der Waals surface area contributed by atoms with Crippen LogP contribution in [0, 0.1) is 13.8 Å². The number of furan rings is 1. The summed E-state index contributed by atoms with van der Waals surface area (Å²) in [5.41, 5.74) is 10.9. The van der Waals surface area contributed by atoms with Crippen molar-refractivity contribution < 1.29 is 4.42 Å². The van der Waals surface area contributed by atoms with E-state index in [-0.39, 0.29) is 0 Å². The first-order chi connectivity index (χ1) is 10.1. The average Bonchev–Trinajstić information content (AvgIpc) is 2.99. The van der Waals surface area contributed by atoms with Crippen LogP contribution in [0.5, 0.6) is 0 Å². The van der Waals surface area contributed by atoms with Crippen LogP contribution >= 0.6 is 0 Å². The van der Waals surface area contributed by atoms with Gasteiger partial charge in [-0.25, -0.2) is 4.98 Å². The molecule has 0 atom stereocenters. The minimum Gasteiger partial charge on any atom is -0.454 e. The number of aromatic nitrogens is 2. The molecular weight excluding hydrogens is 262 g/mol. The number of pyridine rings is 1. The number of aryl methyl sites for hydroxylation is 2. The topological polar surface area (TPSA) is 56.5 Å². The summed E-state index contributed by atoms with van der Waals surface area (Å²) in [4.78, 5) is 4.64. The van der Waals surface area contributed by atoms with Crippen LogP contribution in [-0.2, 0) is 0 Å². The van der Waals surface area contributed by atoms with Gasteiger partial charge in [-0.15, -0.1) is 0 Å². The van der Waals surface area contributed by atoms with E-state index in [4.69, 9.17) is 10.2 Å². The molecule has 4 nitrogen and oxygen atoms in total. The number of imidazole rings is 1. The van der Waals surface area contributed by atoms with Gasteiger partial charge in [0, 0.05) is 11.1 Å². The summed E-state index contributed by atoms with van der Waals surface area (Å²) >= 11 is 0. The van der Waals surface area contributed by atoms with Crippen molar-refractivity contribution in [2.24, 2.45) is 0 Å². The fourth-order valence-corrected chi connectivity index (χ4v) is 2.84. The molecular formula is C17H15N3O. The molecule has 3 heterocycles. The third-order valence-electron chi connectivity index (χ3n) is 3.74. The van der Waals surface area contributed by atoms with Crippen molar-refractivity contribution in [2.45, 2.75) is 13.8 Å². The van der Waals surface area contributed by atoms with Crippen LogP contribution < -0.4 is 5.73 Å². The Morgan fingerprint density at radius 2 is 1.90 bits per heavy atom. The minimum absolute atomic E-state index is 0.613. The lowest BCUT2D eigenvalue weighted by Crippen LogP contribution is -1.98. The van der Waals surface area contributed by atoms with Crippen molar-refractivity contribution in [1.82, 2.24) is 9.38 Å². The van der Waals surface area contributed by atoms with Crippen LogP contribution in [0.4, 0.5) is 5.82 Å². The predicted molar refractivity (Wildman–Crippen MR) is 84.3 cm³/mol. The van der Waals surface area contributed by atoms with Gasteiger partial charge in [-0.05, 0) is 43.7 Å². The molecule has 0 saturated heterocycles. The molecule has 4 aromatic rings. The van der Waals surface area contributed by atoms with Gasteiger partial charge in [-0.3, -0.25) is 4.40 Å². The lowest BCUT2D eigenvalue weighted by atomic mass is 10.2. The van der Waals surface area contributed by atoms with Crippen LogP contribution in [0.3, 0.4) is 0 Å². The van der Waals surface area contributed by atoms with Crippen molar-refractivity contribution in [3.8, 4) is 11.5 Å². The number of nitrogen functional groups attached to an aromatic ring is 1. The van der Waals surface area contributed by atoms with Crippen LogP contribution in [0.25, 0.3) is 28.1 Å². The summed E-state index contributed by atoms with van der Waals surface area (Å²) in [5.74, 6) is 1.32. The average molecular weight is 277 g/mol. The Morgan fingerprint density at radius 1 is 1.10 bits per heavy atom. The van der Waals surface area contributed by atoms with E-state index in [2.05, 4.69) is 18.0 Å². The van der Waals surface area contributed by atoms with Crippen molar-refractivity contribution in [3.63, 3.8) is 0 Å². The smallest absolute Gasteiger partial charge is 0.157 e. The molecule has 3 aromatic heterocycles. The molecule has 0 radical (unpaired) electrons. The van der Waals surface area contributed by atoms with E-state index in [0.29, 0.717) is 17.3 Å². The lowest BCUT2D eigenvalue weighted by Gasteiger charge is -2.03. The number of anilines is 1. The number of nitrogens with two attached hydrogens (primary N) is 1. The maximum Gasteiger partial charge on any atom is 0.157 e.